The van der Waals surface area contributed by atoms with Gasteiger partial charge in [0.2, 0.25) is 5.91 Å². The fraction of sp³-hybridized carbons (Fsp3) is 0.440. The number of carbonyl (C=O) groups excluding carboxylic acids is 2. The summed E-state index contributed by atoms with van der Waals surface area (Å²) in [6.45, 7) is 0.312. The Morgan fingerprint density at radius 2 is 1.94 bits per heavy atom. The number of benzene rings is 2. The first-order chi connectivity index (χ1) is 15.6. The molecule has 1 aliphatic heterocycles. The molecule has 2 aromatic carbocycles. The minimum Gasteiger partial charge on any atom is -0.493 e. The van der Waals surface area contributed by atoms with Crippen molar-refractivity contribution in [3.63, 3.8) is 0 Å². The Morgan fingerprint density at radius 1 is 1.19 bits per heavy atom. The fourth-order valence-electron chi connectivity index (χ4n) is 4.52. The highest BCUT2D eigenvalue weighted by Crippen LogP contribution is 2.39. The van der Waals surface area contributed by atoms with E-state index in [-0.39, 0.29) is 24.5 Å². The van der Waals surface area contributed by atoms with E-state index in [1.807, 2.05) is 18.4 Å². The molecule has 6 nitrogen and oxygen atoms in total. The van der Waals surface area contributed by atoms with Crippen LogP contribution in [0.25, 0.3) is 0 Å². The Labute approximate surface area is 193 Å². The van der Waals surface area contributed by atoms with Crippen LogP contribution in [0.3, 0.4) is 0 Å². The van der Waals surface area contributed by atoms with E-state index in [1.165, 1.54) is 4.90 Å². The van der Waals surface area contributed by atoms with Crippen molar-refractivity contribution in [2.75, 3.05) is 26.5 Å². The zero-order valence-corrected chi connectivity index (χ0v) is 19.5. The number of rotatable bonds is 7. The van der Waals surface area contributed by atoms with E-state index in [0.29, 0.717) is 30.0 Å². The van der Waals surface area contributed by atoms with Gasteiger partial charge in [-0.2, -0.15) is 0 Å². The van der Waals surface area contributed by atoms with Gasteiger partial charge in [0, 0.05) is 23.0 Å². The first-order valence-electron chi connectivity index (χ1n) is 11.1. The number of thioether (sulfide) groups is 1. The minimum absolute atomic E-state index is 0.119. The van der Waals surface area contributed by atoms with E-state index < -0.39 is 6.04 Å². The Morgan fingerprint density at radius 3 is 2.62 bits per heavy atom. The van der Waals surface area contributed by atoms with Crippen molar-refractivity contribution in [1.82, 2.24) is 10.2 Å². The van der Waals surface area contributed by atoms with E-state index in [2.05, 4.69) is 29.6 Å². The number of ether oxygens (including phenoxy) is 2. The normalized spacial score (nSPS) is 18.6. The van der Waals surface area contributed by atoms with E-state index in [1.54, 1.807) is 29.8 Å². The second-order valence-electron chi connectivity index (χ2n) is 8.25. The molecule has 1 N–H and O–H groups in total. The summed E-state index contributed by atoms with van der Waals surface area (Å²) in [4.78, 5) is 29.5. The zero-order chi connectivity index (χ0) is 22.5. The molecule has 2 amide bonds. The Bertz CT molecular complexity index is 957. The Kier molecular flexibility index (Phi) is 7.25. The van der Waals surface area contributed by atoms with Crippen LogP contribution < -0.4 is 14.8 Å². The van der Waals surface area contributed by atoms with Crippen LogP contribution in [0.2, 0.25) is 0 Å². The summed E-state index contributed by atoms with van der Waals surface area (Å²) >= 11 is 1.70. The molecular formula is C25H30N2O4S. The molecule has 0 bridgehead atoms. The monoisotopic (exact) mass is 454 g/mol. The van der Waals surface area contributed by atoms with Gasteiger partial charge in [0.05, 0.1) is 7.11 Å². The summed E-state index contributed by atoms with van der Waals surface area (Å²) in [5.41, 5.74) is 1.80. The highest BCUT2D eigenvalue weighted by Gasteiger charge is 2.38. The van der Waals surface area contributed by atoms with Crippen molar-refractivity contribution in [2.24, 2.45) is 0 Å². The van der Waals surface area contributed by atoms with Crippen LogP contribution in [0.15, 0.2) is 47.4 Å². The summed E-state index contributed by atoms with van der Waals surface area (Å²) in [6, 6.07) is 13.2. The molecule has 1 aliphatic carbocycles. The van der Waals surface area contributed by atoms with Crippen molar-refractivity contribution in [3.05, 3.63) is 53.6 Å². The molecule has 2 aromatic rings. The molecule has 170 valence electrons. The largest absolute Gasteiger partial charge is 0.493 e. The van der Waals surface area contributed by atoms with Gasteiger partial charge in [-0.15, -0.1) is 11.8 Å². The average molecular weight is 455 g/mol. The number of hydrogen-bond donors (Lipinski definition) is 1. The number of nitrogens with zero attached hydrogens (tertiary/aromatic N) is 1. The third kappa shape index (κ3) is 4.88. The van der Waals surface area contributed by atoms with Gasteiger partial charge in [0.25, 0.3) is 5.91 Å². The Hall–Kier alpha value is -2.67. The quantitative estimate of drug-likeness (QED) is 0.641. The van der Waals surface area contributed by atoms with E-state index in [0.717, 1.165) is 31.2 Å². The first kappa shape index (κ1) is 22.5. The molecule has 1 atom stereocenters. The summed E-state index contributed by atoms with van der Waals surface area (Å²) in [5.74, 6) is 0.656. The minimum atomic E-state index is -0.749. The molecule has 1 heterocycles. The highest BCUT2D eigenvalue weighted by atomic mass is 32.2. The van der Waals surface area contributed by atoms with Crippen LogP contribution in [0.4, 0.5) is 0 Å². The van der Waals surface area contributed by atoms with Crippen LogP contribution >= 0.6 is 11.8 Å². The molecule has 0 radical (unpaired) electrons. The lowest BCUT2D eigenvalue weighted by Crippen LogP contribution is -2.47. The molecule has 0 spiro atoms. The average Bonchev–Trinajstić information content (AvgIpc) is 3.28. The van der Waals surface area contributed by atoms with Gasteiger partial charge in [0.15, 0.2) is 18.1 Å². The van der Waals surface area contributed by atoms with Crippen molar-refractivity contribution in [1.29, 1.82) is 0 Å². The van der Waals surface area contributed by atoms with Gasteiger partial charge in [-0.25, -0.2) is 0 Å². The van der Waals surface area contributed by atoms with Gasteiger partial charge in [-0.1, -0.05) is 37.1 Å². The zero-order valence-electron chi connectivity index (χ0n) is 18.6. The SMILES string of the molecule is COc1cccc2c1OCC(=O)N(CCc1ccc(SC)cc1)C2C(=O)NC1CCCC1. The summed E-state index contributed by atoms with van der Waals surface area (Å²) in [7, 11) is 1.56. The molecule has 1 unspecified atom stereocenters. The van der Waals surface area contributed by atoms with Crippen LogP contribution in [0, 0.1) is 0 Å². The maximum atomic E-state index is 13.5. The molecule has 7 heteroatoms. The van der Waals surface area contributed by atoms with Crippen molar-refractivity contribution in [2.45, 2.75) is 49.1 Å². The summed E-state index contributed by atoms with van der Waals surface area (Å²) < 4.78 is 11.3. The Balaban J connectivity index is 1.63. The third-order valence-electron chi connectivity index (χ3n) is 6.25. The van der Waals surface area contributed by atoms with E-state index in [9.17, 15) is 9.59 Å². The van der Waals surface area contributed by atoms with Gasteiger partial charge in [0.1, 0.15) is 6.04 Å². The van der Waals surface area contributed by atoms with Crippen molar-refractivity contribution < 1.29 is 19.1 Å². The summed E-state index contributed by atoms with van der Waals surface area (Å²) in [6.07, 6.45) is 6.91. The molecular weight excluding hydrogens is 424 g/mol. The topological polar surface area (TPSA) is 67.9 Å². The molecule has 0 saturated heterocycles. The number of carbonyl (C=O) groups is 2. The van der Waals surface area contributed by atoms with Crippen LogP contribution in [0.5, 0.6) is 11.5 Å². The van der Waals surface area contributed by atoms with Gasteiger partial charge in [-0.3, -0.25) is 9.59 Å². The fourth-order valence-corrected chi connectivity index (χ4v) is 4.93. The lowest BCUT2D eigenvalue weighted by atomic mass is 10.0. The third-order valence-corrected chi connectivity index (χ3v) is 6.99. The number of nitrogens with one attached hydrogen (secondary N) is 1. The van der Waals surface area contributed by atoms with Gasteiger partial charge < -0.3 is 19.7 Å². The second kappa shape index (κ2) is 10.3. The number of para-hydroxylation sites is 1. The van der Waals surface area contributed by atoms with Crippen molar-refractivity contribution in [3.8, 4) is 11.5 Å². The van der Waals surface area contributed by atoms with Gasteiger partial charge in [-0.05, 0) is 49.3 Å². The smallest absolute Gasteiger partial charge is 0.261 e. The van der Waals surface area contributed by atoms with E-state index in [4.69, 9.17) is 9.47 Å². The number of amides is 2. The maximum Gasteiger partial charge on any atom is 0.261 e. The molecule has 0 aromatic heterocycles. The van der Waals surface area contributed by atoms with Gasteiger partial charge >= 0.3 is 0 Å². The number of hydrogen-bond acceptors (Lipinski definition) is 5. The molecule has 1 fully saturated rings. The highest BCUT2D eigenvalue weighted by molar-refractivity contribution is 7.98. The van der Waals surface area contributed by atoms with Crippen LogP contribution in [0.1, 0.15) is 42.9 Å². The predicted molar refractivity (Wildman–Crippen MR) is 125 cm³/mol. The standard InChI is InChI=1S/C25H30N2O4S/c1-30-21-9-5-8-20-23(25(29)26-18-6-3-4-7-18)27(22(28)16-31-24(20)21)15-14-17-10-12-19(32-2)13-11-17/h5,8-13,18,23H,3-4,6-7,14-16H2,1-2H3,(H,26,29). The van der Waals surface area contributed by atoms with Crippen LogP contribution in [-0.2, 0) is 16.0 Å². The predicted octanol–water partition coefficient (Wildman–Crippen LogP) is 3.98. The molecule has 32 heavy (non-hydrogen) atoms. The number of methoxy groups -OCH3 is 1. The lowest BCUT2D eigenvalue weighted by molar-refractivity contribution is -0.141. The first-order valence-corrected chi connectivity index (χ1v) is 12.4. The number of fused-ring (bicyclic) bond motifs is 1. The van der Waals surface area contributed by atoms with Crippen molar-refractivity contribution >= 4 is 23.6 Å². The van der Waals surface area contributed by atoms with E-state index >= 15 is 0 Å². The lowest BCUT2D eigenvalue weighted by Gasteiger charge is -2.30. The maximum absolute atomic E-state index is 13.5. The molecule has 4 rings (SSSR count). The molecule has 1 saturated carbocycles. The second-order valence-corrected chi connectivity index (χ2v) is 9.12. The molecule has 2 aliphatic rings. The summed E-state index contributed by atoms with van der Waals surface area (Å²) in [5, 5.41) is 3.19. The van der Waals surface area contributed by atoms with Crippen LogP contribution in [-0.4, -0.2) is 49.3 Å².